The lowest BCUT2D eigenvalue weighted by Crippen LogP contribution is -1.95. The Bertz CT molecular complexity index is 220. The molecule has 0 aliphatic carbocycles. The van der Waals surface area contributed by atoms with E-state index in [1.54, 1.807) is 6.08 Å². The van der Waals surface area contributed by atoms with Gasteiger partial charge in [0.25, 0.3) is 5.95 Å². The molecule has 0 unspecified atom stereocenters. The van der Waals surface area contributed by atoms with Gasteiger partial charge in [-0.1, -0.05) is 12.7 Å². The standard InChI is InChI=1S/C7H7BrO3/c1-2-3-10-7-6(8)5(9)4-11-7/h2H,1,3-4H2. The molecule has 1 heterocycles. The Kier molecular flexibility index (Phi) is 2.70. The summed E-state index contributed by atoms with van der Waals surface area (Å²) in [5.41, 5.74) is 0. The van der Waals surface area contributed by atoms with Crippen LogP contribution < -0.4 is 0 Å². The Morgan fingerprint density at radius 3 is 3.00 bits per heavy atom. The van der Waals surface area contributed by atoms with E-state index in [4.69, 9.17) is 9.47 Å². The average Bonchev–Trinajstić information content (AvgIpc) is 2.31. The van der Waals surface area contributed by atoms with Crippen molar-refractivity contribution in [1.82, 2.24) is 0 Å². The molecule has 0 radical (unpaired) electrons. The molecule has 1 aliphatic rings. The van der Waals surface area contributed by atoms with Gasteiger partial charge in [-0.3, -0.25) is 4.79 Å². The van der Waals surface area contributed by atoms with Gasteiger partial charge >= 0.3 is 0 Å². The highest BCUT2D eigenvalue weighted by Crippen LogP contribution is 2.21. The van der Waals surface area contributed by atoms with Gasteiger partial charge in [-0.05, 0) is 15.9 Å². The number of hydrogen-bond donors (Lipinski definition) is 0. The van der Waals surface area contributed by atoms with E-state index < -0.39 is 0 Å². The van der Waals surface area contributed by atoms with Crippen molar-refractivity contribution in [1.29, 1.82) is 0 Å². The molecule has 0 N–H and O–H groups in total. The third kappa shape index (κ3) is 1.83. The minimum absolute atomic E-state index is 0.0626. The third-order valence-electron chi connectivity index (χ3n) is 1.09. The molecule has 0 saturated carbocycles. The van der Waals surface area contributed by atoms with Crippen molar-refractivity contribution in [3.8, 4) is 0 Å². The van der Waals surface area contributed by atoms with Crippen molar-refractivity contribution in [2.24, 2.45) is 0 Å². The van der Waals surface area contributed by atoms with Crippen molar-refractivity contribution in [3.05, 3.63) is 23.1 Å². The second kappa shape index (κ2) is 3.57. The number of carbonyl (C=O) groups is 1. The second-order valence-corrected chi connectivity index (χ2v) is 2.71. The Morgan fingerprint density at radius 2 is 2.55 bits per heavy atom. The number of hydrogen-bond acceptors (Lipinski definition) is 3. The lowest BCUT2D eigenvalue weighted by atomic mass is 10.4. The van der Waals surface area contributed by atoms with Crippen molar-refractivity contribution in [2.75, 3.05) is 13.2 Å². The Labute approximate surface area is 72.8 Å². The van der Waals surface area contributed by atoms with Crippen LogP contribution in [-0.4, -0.2) is 19.0 Å². The molecule has 0 spiro atoms. The molecule has 0 aromatic carbocycles. The number of carbonyl (C=O) groups excluding carboxylic acids is 1. The van der Waals surface area contributed by atoms with Crippen molar-refractivity contribution < 1.29 is 14.3 Å². The van der Waals surface area contributed by atoms with Gasteiger partial charge in [0.2, 0.25) is 5.78 Å². The first-order valence-electron chi connectivity index (χ1n) is 3.05. The third-order valence-corrected chi connectivity index (χ3v) is 1.86. The molecule has 11 heavy (non-hydrogen) atoms. The fourth-order valence-corrected chi connectivity index (χ4v) is 0.955. The molecule has 0 bridgehead atoms. The number of ketones is 1. The molecule has 0 aromatic heterocycles. The SMILES string of the molecule is C=CCOC1=C(Br)C(=O)CO1. The lowest BCUT2D eigenvalue weighted by molar-refractivity contribution is -0.116. The van der Waals surface area contributed by atoms with Crippen LogP contribution in [0.3, 0.4) is 0 Å². The Balaban J connectivity index is 2.56. The molecule has 0 atom stereocenters. The van der Waals surface area contributed by atoms with Gasteiger partial charge in [0, 0.05) is 0 Å². The highest BCUT2D eigenvalue weighted by Gasteiger charge is 2.23. The number of Topliss-reactive ketones (excluding diaryl/α,β-unsaturated/α-hetero) is 1. The summed E-state index contributed by atoms with van der Waals surface area (Å²) < 4.78 is 10.3. The molecule has 0 amide bonds. The predicted molar refractivity (Wildman–Crippen MR) is 43.1 cm³/mol. The monoisotopic (exact) mass is 218 g/mol. The second-order valence-electron chi connectivity index (χ2n) is 1.91. The molecular formula is C7H7BrO3. The maximum atomic E-state index is 10.8. The normalized spacial score (nSPS) is 16.6. The van der Waals surface area contributed by atoms with Crippen LogP contribution in [0.1, 0.15) is 0 Å². The number of ether oxygens (including phenoxy) is 2. The first-order valence-corrected chi connectivity index (χ1v) is 3.84. The van der Waals surface area contributed by atoms with E-state index in [9.17, 15) is 4.79 Å². The van der Waals surface area contributed by atoms with Crippen LogP contribution in [0.2, 0.25) is 0 Å². The van der Waals surface area contributed by atoms with Crippen molar-refractivity contribution >= 4 is 21.7 Å². The molecule has 0 aromatic rings. The Hall–Kier alpha value is -0.770. The van der Waals surface area contributed by atoms with Crippen molar-refractivity contribution in [3.63, 3.8) is 0 Å². The zero-order valence-corrected chi connectivity index (χ0v) is 7.39. The first kappa shape index (κ1) is 8.33. The summed E-state index contributed by atoms with van der Waals surface area (Å²) in [4.78, 5) is 10.8. The summed E-state index contributed by atoms with van der Waals surface area (Å²) in [6, 6.07) is 0. The molecule has 0 saturated heterocycles. The molecule has 1 aliphatic heterocycles. The molecular weight excluding hydrogens is 212 g/mol. The molecule has 1 rings (SSSR count). The topological polar surface area (TPSA) is 35.5 Å². The zero-order valence-electron chi connectivity index (χ0n) is 5.80. The van der Waals surface area contributed by atoms with Gasteiger partial charge in [0.15, 0.2) is 6.61 Å². The Morgan fingerprint density at radius 1 is 1.82 bits per heavy atom. The minimum atomic E-state index is -0.0935. The van der Waals surface area contributed by atoms with Crippen LogP contribution in [0, 0.1) is 0 Å². The lowest BCUT2D eigenvalue weighted by Gasteiger charge is -2.02. The van der Waals surface area contributed by atoms with Gasteiger partial charge in [0.1, 0.15) is 11.1 Å². The van der Waals surface area contributed by atoms with E-state index in [-0.39, 0.29) is 18.3 Å². The molecule has 0 fully saturated rings. The average molecular weight is 219 g/mol. The van der Waals surface area contributed by atoms with E-state index in [1.165, 1.54) is 0 Å². The summed E-state index contributed by atoms with van der Waals surface area (Å²) in [6.45, 7) is 3.87. The van der Waals surface area contributed by atoms with Gasteiger partial charge < -0.3 is 9.47 Å². The summed E-state index contributed by atoms with van der Waals surface area (Å²) in [6.07, 6.45) is 1.58. The first-order chi connectivity index (χ1) is 5.25. The van der Waals surface area contributed by atoms with Gasteiger partial charge in [-0.25, -0.2) is 0 Å². The summed E-state index contributed by atoms with van der Waals surface area (Å²) in [7, 11) is 0. The smallest absolute Gasteiger partial charge is 0.298 e. The van der Waals surface area contributed by atoms with E-state index in [0.717, 1.165) is 0 Å². The predicted octanol–water partition coefficient (Wildman–Crippen LogP) is 1.35. The van der Waals surface area contributed by atoms with Crippen LogP contribution in [-0.2, 0) is 14.3 Å². The quantitative estimate of drug-likeness (QED) is 0.672. The van der Waals surface area contributed by atoms with Crippen LogP contribution >= 0.6 is 15.9 Å². The van der Waals surface area contributed by atoms with Crippen LogP contribution in [0.15, 0.2) is 23.1 Å². The highest BCUT2D eigenvalue weighted by atomic mass is 79.9. The van der Waals surface area contributed by atoms with Crippen LogP contribution in [0.5, 0.6) is 0 Å². The van der Waals surface area contributed by atoms with Crippen LogP contribution in [0.4, 0.5) is 0 Å². The van der Waals surface area contributed by atoms with E-state index in [0.29, 0.717) is 11.1 Å². The highest BCUT2D eigenvalue weighted by molar-refractivity contribution is 9.12. The molecule has 3 nitrogen and oxygen atoms in total. The summed E-state index contributed by atoms with van der Waals surface area (Å²) in [5, 5.41) is 0. The fourth-order valence-electron chi connectivity index (χ4n) is 0.611. The van der Waals surface area contributed by atoms with Crippen LogP contribution in [0.25, 0.3) is 0 Å². The maximum absolute atomic E-state index is 10.8. The largest absolute Gasteiger partial charge is 0.460 e. The van der Waals surface area contributed by atoms with E-state index in [1.807, 2.05) is 0 Å². The number of halogens is 1. The van der Waals surface area contributed by atoms with Gasteiger partial charge in [-0.15, -0.1) is 0 Å². The fraction of sp³-hybridized carbons (Fsp3) is 0.286. The maximum Gasteiger partial charge on any atom is 0.298 e. The summed E-state index contributed by atoms with van der Waals surface area (Å²) >= 11 is 3.05. The zero-order chi connectivity index (χ0) is 8.27. The number of rotatable bonds is 3. The van der Waals surface area contributed by atoms with E-state index >= 15 is 0 Å². The van der Waals surface area contributed by atoms with Gasteiger partial charge in [-0.2, -0.15) is 0 Å². The molecule has 60 valence electrons. The summed E-state index contributed by atoms with van der Waals surface area (Å²) in [5.74, 6) is 0.166. The van der Waals surface area contributed by atoms with Gasteiger partial charge in [0.05, 0.1) is 0 Å². The van der Waals surface area contributed by atoms with E-state index in [2.05, 4.69) is 22.5 Å². The minimum Gasteiger partial charge on any atom is -0.460 e. The van der Waals surface area contributed by atoms with Crippen molar-refractivity contribution in [2.45, 2.75) is 0 Å². The molecule has 4 heteroatoms.